The lowest BCUT2D eigenvalue weighted by Crippen LogP contribution is -2.16. The largest absolute Gasteiger partial charge is 0.310 e. The van der Waals surface area contributed by atoms with Crippen LogP contribution < -0.4 is 4.90 Å². The van der Waals surface area contributed by atoms with Gasteiger partial charge in [0.15, 0.2) is 0 Å². The van der Waals surface area contributed by atoms with Crippen molar-refractivity contribution < 1.29 is 0 Å². The normalized spacial score (nSPS) is 13.3. The van der Waals surface area contributed by atoms with Crippen molar-refractivity contribution >= 4 is 91.9 Å². The topological polar surface area (TPSA) is 8.17 Å². The molecule has 3 heteroatoms. The van der Waals surface area contributed by atoms with Gasteiger partial charge in [-0.3, -0.25) is 0 Å². The molecule has 0 saturated carbocycles. The van der Waals surface area contributed by atoms with Gasteiger partial charge in [0.05, 0.1) is 11.0 Å². The van der Waals surface area contributed by atoms with Crippen molar-refractivity contribution in [1.29, 1.82) is 0 Å². The highest BCUT2D eigenvalue weighted by molar-refractivity contribution is 7.25. The van der Waals surface area contributed by atoms with E-state index < -0.39 is 0 Å². The number of thiophene rings is 1. The fourth-order valence-electron chi connectivity index (χ4n) is 9.78. The van der Waals surface area contributed by atoms with Crippen LogP contribution in [0.1, 0.15) is 25.0 Å². The second-order valence-electron chi connectivity index (χ2n) is 15.7. The van der Waals surface area contributed by atoms with E-state index in [9.17, 15) is 0 Å². The molecule has 12 rings (SSSR count). The van der Waals surface area contributed by atoms with Crippen molar-refractivity contribution in [3.63, 3.8) is 0 Å². The summed E-state index contributed by atoms with van der Waals surface area (Å²) in [4.78, 5) is 2.43. The first kappa shape index (κ1) is 31.6. The standard InChI is InChI=1S/C53H36N2S/c1-53(2)46-22-12-10-18-39(46)40-27-24-36(32-47(40)53)54(33-14-4-3-5-15-33)34-25-28-49-44(30-34)45-31-35(26-29-50(45)56-49)55-48-23-13-11-21-43(48)51-41-19-8-6-16-37(41)38-17-7-9-20-42(38)52(51)55/h3-32H,1-2H3. The Bertz CT molecular complexity index is 3400. The first-order chi connectivity index (χ1) is 27.5. The van der Waals surface area contributed by atoms with E-state index in [1.54, 1.807) is 0 Å². The molecule has 0 unspecified atom stereocenters. The molecule has 2 nitrogen and oxygen atoms in total. The summed E-state index contributed by atoms with van der Waals surface area (Å²) in [5.74, 6) is 0. The molecule has 0 saturated heterocycles. The smallest absolute Gasteiger partial charge is 0.0625 e. The summed E-state index contributed by atoms with van der Waals surface area (Å²) in [7, 11) is 0. The maximum absolute atomic E-state index is 2.51. The third kappa shape index (κ3) is 4.38. The molecule has 1 aliphatic carbocycles. The minimum absolute atomic E-state index is 0.0847. The second kappa shape index (κ2) is 11.7. The Morgan fingerprint density at radius 3 is 1.84 bits per heavy atom. The monoisotopic (exact) mass is 732 g/mol. The summed E-state index contributed by atoms with van der Waals surface area (Å²) < 4.78 is 5.09. The van der Waals surface area contributed by atoms with Crippen LogP contribution in [-0.4, -0.2) is 4.57 Å². The Labute approximate surface area is 329 Å². The van der Waals surface area contributed by atoms with E-state index >= 15 is 0 Å². The number of aromatic nitrogens is 1. The molecular formula is C53H36N2S. The van der Waals surface area contributed by atoms with Gasteiger partial charge in [0.25, 0.3) is 0 Å². The van der Waals surface area contributed by atoms with Crippen LogP contribution in [0.4, 0.5) is 17.1 Å². The van der Waals surface area contributed by atoms with Crippen LogP contribution >= 0.6 is 11.3 Å². The minimum atomic E-state index is -0.0847. The molecule has 0 aliphatic heterocycles. The number of hydrogen-bond acceptors (Lipinski definition) is 2. The molecule has 0 fully saturated rings. The van der Waals surface area contributed by atoms with E-state index in [0.29, 0.717) is 0 Å². The van der Waals surface area contributed by atoms with Gasteiger partial charge < -0.3 is 9.47 Å². The number of fused-ring (bicyclic) bond motifs is 14. The van der Waals surface area contributed by atoms with Gasteiger partial charge >= 0.3 is 0 Å². The molecule has 56 heavy (non-hydrogen) atoms. The fraction of sp³-hybridized carbons (Fsp3) is 0.0566. The summed E-state index contributed by atoms with van der Waals surface area (Å²) >= 11 is 1.87. The molecule has 0 amide bonds. The number of para-hydroxylation sites is 2. The minimum Gasteiger partial charge on any atom is -0.310 e. The summed E-state index contributed by atoms with van der Waals surface area (Å²) in [5, 5.41) is 10.3. The van der Waals surface area contributed by atoms with E-state index in [1.165, 1.54) is 97.2 Å². The summed E-state index contributed by atoms with van der Waals surface area (Å²) in [6.45, 7) is 4.72. The third-order valence-electron chi connectivity index (χ3n) is 12.3. The van der Waals surface area contributed by atoms with Gasteiger partial charge in [0.2, 0.25) is 0 Å². The van der Waals surface area contributed by atoms with Crippen molar-refractivity contribution in [2.24, 2.45) is 0 Å². The molecule has 2 heterocycles. The molecule has 11 aromatic rings. The van der Waals surface area contributed by atoms with E-state index in [0.717, 1.165) is 11.4 Å². The third-order valence-corrected chi connectivity index (χ3v) is 13.5. The van der Waals surface area contributed by atoms with Gasteiger partial charge in [-0.25, -0.2) is 0 Å². The zero-order valence-corrected chi connectivity index (χ0v) is 31.9. The Morgan fingerprint density at radius 2 is 1.02 bits per heavy atom. The number of rotatable bonds is 4. The maximum atomic E-state index is 2.51. The molecular weight excluding hydrogens is 697 g/mol. The lowest BCUT2D eigenvalue weighted by molar-refractivity contribution is 0.660. The first-order valence-corrected chi connectivity index (χ1v) is 20.3. The van der Waals surface area contributed by atoms with Crippen LogP contribution in [0.15, 0.2) is 182 Å². The van der Waals surface area contributed by atoms with Gasteiger partial charge in [-0.05, 0) is 105 Å². The number of benzene rings is 9. The van der Waals surface area contributed by atoms with Crippen LogP contribution in [0, 0.1) is 0 Å². The van der Waals surface area contributed by atoms with Crippen molar-refractivity contribution in [2.75, 3.05) is 4.90 Å². The average molecular weight is 733 g/mol. The second-order valence-corrected chi connectivity index (χ2v) is 16.8. The molecule has 264 valence electrons. The lowest BCUT2D eigenvalue weighted by Gasteiger charge is -2.28. The molecule has 0 spiro atoms. The summed E-state index contributed by atoms with van der Waals surface area (Å²) in [6, 6.07) is 67.5. The first-order valence-electron chi connectivity index (χ1n) is 19.4. The van der Waals surface area contributed by atoms with Gasteiger partial charge in [-0.15, -0.1) is 11.3 Å². The molecule has 1 aliphatic rings. The summed E-state index contributed by atoms with van der Waals surface area (Å²) in [6.07, 6.45) is 0. The Hall–Kier alpha value is -6.68. The van der Waals surface area contributed by atoms with E-state index in [-0.39, 0.29) is 5.41 Å². The van der Waals surface area contributed by atoms with Gasteiger partial charge in [0.1, 0.15) is 0 Å². The Balaban J connectivity index is 1.08. The van der Waals surface area contributed by atoms with Crippen LogP contribution in [0.5, 0.6) is 0 Å². The van der Waals surface area contributed by atoms with E-state index in [2.05, 4.69) is 205 Å². The van der Waals surface area contributed by atoms with Crippen molar-refractivity contribution in [2.45, 2.75) is 19.3 Å². The number of hydrogen-bond donors (Lipinski definition) is 0. The van der Waals surface area contributed by atoms with Crippen molar-refractivity contribution in [1.82, 2.24) is 4.57 Å². The van der Waals surface area contributed by atoms with Crippen LogP contribution in [0.25, 0.3) is 80.3 Å². The van der Waals surface area contributed by atoms with Gasteiger partial charge in [0, 0.05) is 64.5 Å². The van der Waals surface area contributed by atoms with Crippen molar-refractivity contribution in [3.8, 4) is 16.8 Å². The lowest BCUT2D eigenvalue weighted by atomic mass is 9.82. The van der Waals surface area contributed by atoms with Gasteiger partial charge in [-0.1, -0.05) is 129 Å². The average Bonchev–Trinajstić information content (AvgIpc) is 3.87. The number of anilines is 3. The molecule has 9 aromatic carbocycles. The molecule has 0 atom stereocenters. The zero-order valence-electron chi connectivity index (χ0n) is 31.1. The Kier molecular flexibility index (Phi) is 6.59. The van der Waals surface area contributed by atoms with Crippen molar-refractivity contribution in [3.05, 3.63) is 193 Å². The van der Waals surface area contributed by atoms with E-state index in [1.807, 2.05) is 11.3 Å². The maximum Gasteiger partial charge on any atom is 0.0625 e. The highest BCUT2D eigenvalue weighted by atomic mass is 32.1. The molecule has 2 aromatic heterocycles. The van der Waals surface area contributed by atoms with Crippen LogP contribution in [0.3, 0.4) is 0 Å². The molecule has 0 radical (unpaired) electrons. The fourth-order valence-corrected chi connectivity index (χ4v) is 10.9. The predicted octanol–water partition coefficient (Wildman–Crippen LogP) is 15.2. The van der Waals surface area contributed by atoms with Crippen LogP contribution in [0.2, 0.25) is 0 Å². The Morgan fingerprint density at radius 1 is 0.429 bits per heavy atom. The molecule has 0 bridgehead atoms. The predicted molar refractivity (Wildman–Crippen MR) is 241 cm³/mol. The highest BCUT2D eigenvalue weighted by Crippen LogP contribution is 2.51. The highest BCUT2D eigenvalue weighted by Gasteiger charge is 2.35. The van der Waals surface area contributed by atoms with Crippen LogP contribution in [-0.2, 0) is 5.41 Å². The summed E-state index contributed by atoms with van der Waals surface area (Å²) in [5.41, 5.74) is 12.5. The quantitative estimate of drug-likeness (QED) is 0.164. The number of nitrogens with zero attached hydrogens (tertiary/aromatic N) is 2. The molecule has 0 N–H and O–H groups in total. The zero-order chi connectivity index (χ0) is 37.1. The van der Waals surface area contributed by atoms with Gasteiger partial charge in [-0.2, -0.15) is 0 Å². The van der Waals surface area contributed by atoms with E-state index in [4.69, 9.17) is 0 Å². The SMILES string of the molecule is CC1(C)c2ccccc2-c2ccc(N(c3ccccc3)c3ccc4sc5ccc(-n6c7ccccc7c7c8ccccc8c8ccccc8c76)cc5c4c3)cc21.